The molecular formula is C29H29ClN2OS. The molecule has 1 aliphatic carbocycles. The molecule has 0 unspecified atom stereocenters. The molecule has 2 aromatic carbocycles. The number of hydrogen-bond acceptors (Lipinski definition) is 4. The van der Waals surface area contributed by atoms with Crippen LogP contribution in [0.15, 0.2) is 93.7 Å². The molecule has 3 aromatic rings. The molecule has 0 radical (unpaired) electrons. The van der Waals surface area contributed by atoms with Crippen LogP contribution in [0.5, 0.6) is 0 Å². The van der Waals surface area contributed by atoms with Crippen LogP contribution >= 0.6 is 22.9 Å². The Labute approximate surface area is 210 Å². The Morgan fingerprint density at radius 3 is 2.09 bits per heavy atom. The summed E-state index contributed by atoms with van der Waals surface area (Å²) in [7, 11) is 0. The first kappa shape index (κ1) is 24.3. The Morgan fingerprint density at radius 2 is 1.50 bits per heavy atom. The van der Waals surface area contributed by atoms with E-state index in [1.54, 1.807) is 17.4 Å². The lowest BCUT2D eigenvalue weighted by Crippen LogP contribution is -2.28. The van der Waals surface area contributed by atoms with Gasteiger partial charge in [0, 0.05) is 26.4 Å². The van der Waals surface area contributed by atoms with Crippen LogP contribution in [0.2, 0.25) is 5.02 Å². The molecule has 0 aliphatic heterocycles. The molecule has 1 aromatic heterocycles. The Hall–Kier alpha value is -2.82. The van der Waals surface area contributed by atoms with Crippen molar-refractivity contribution in [3.8, 4) is 0 Å². The van der Waals surface area contributed by atoms with Gasteiger partial charge in [-0.1, -0.05) is 77.4 Å². The van der Waals surface area contributed by atoms with Crippen LogP contribution in [0.4, 0.5) is 5.69 Å². The fourth-order valence-corrected chi connectivity index (χ4v) is 5.13. The predicted molar refractivity (Wildman–Crippen MR) is 145 cm³/mol. The highest BCUT2D eigenvalue weighted by Gasteiger charge is 2.34. The number of allylic oxidation sites excluding steroid dienone is 5. The third-order valence-electron chi connectivity index (χ3n) is 5.71. The normalized spacial score (nSPS) is 15.1. The zero-order chi connectivity index (χ0) is 24.7. The second kappa shape index (κ2) is 9.09. The van der Waals surface area contributed by atoms with Crippen LogP contribution < -0.4 is 0 Å². The van der Waals surface area contributed by atoms with Gasteiger partial charge in [-0.2, -0.15) is 5.11 Å². The van der Waals surface area contributed by atoms with E-state index in [9.17, 15) is 4.79 Å². The first-order valence-corrected chi connectivity index (χ1v) is 12.5. The van der Waals surface area contributed by atoms with Crippen molar-refractivity contribution >= 4 is 50.2 Å². The van der Waals surface area contributed by atoms with Gasteiger partial charge in [0.2, 0.25) is 0 Å². The van der Waals surface area contributed by atoms with Gasteiger partial charge in [-0.05, 0) is 58.7 Å². The molecule has 0 atom stereocenters. The minimum atomic E-state index is -0.303. The maximum atomic E-state index is 13.5. The third kappa shape index (κ3) is 5.13. The van der Waals surface area contributed by atoms with Crippen LogP contribution in [0.25, 0.3) is 15.8 Å². The molecule has 0 saturated heterocycles. The summed E-state index contributed by atoms with van der Waals surface area (Å²) in [6.07, 6.45) is 3.99. The minimum Gasteiger partial charge on any atom is -0.289 e. The largest absolute Gasteiger partial charge is 0.289 e. The number of carbonyl (C=O) groups is 1. The minimum absolute atomic E-state index is 0.103. The van der Waals surface area contributed by atoms with Crippen molar-refractivity contribution in [2.24, 2.45) is 21.1 Å². The molecule has 3 nitrogen and oxygen atoms in total. The summed E-state index contributed by atoms with van der Waals surface area (Å²) in [5, 5.41) is 11.0. The van der Waals surface area contributed by atoms with E-state index < -0.39 is 0 Å². The van der Waals surface area contributed by atoms with E-state index in [1.165, 1.54) is 4.70 Å². The maximum Gasteiger partial charge on any atom is 0.186 e. The van der Waals surface area contributed by atoms with Crippen molar-refractivity contribution in [3.63, 3.8) is 0 Å². The quantitative estimate of drug-likeness (QED) is 0.338. The van der Waals surface area contributed by atoms with E-state index in [-0.39, 0.29) is 16.6 Å². The molecule has 174 valence electrons. The van der Waals surface area contributed by atoms with Gasteiger partial charge in [-0.15, -0.1) is 16.5 Å². The molecule has 34 heavy (non-hydrogen) atoms. The first-order valence-electron chi connectivity index (χ1n) is 11.3. The standard InChI is InChI=1S/C29H29ClN2OS/c1-28(2,3)22-14-19(15-23(27(22)33)29(4,5)6)26(32-31-21-12-9-11-20(30)17-21)25-16-18-10-7-8-13-24(18)34-25/h7-17H,1-6H3. The molecule has 0 N–H and O–H groups in total. The van der Waals surface area contributed by atoms with Gasteiger partial charge in [-0.25, -0.2) is 0 Å². The van der Waals surface area contributed by atoms with Crippen molar-refractivity contribution in [3.05, 3.63) is 93.4 Å². The average molecular weight is 489 g/mol. The van der Waals surface area contributed by atoms with Gasteiger partial charge in [-0.3, -0.25) is 4.79 Å². The topological polar surface area (TPSA) is 41.8 Å². The zero-order valence-electron chi connectivity index (χ0n) is 20.4. The highest BCUT2D eigenvalue weighted by atomic mass is 35.5. The summed E-state index contributed by atoms with van der Waals surface area (Å²) in [6, 6.07) is 17.8. The summed E-state index contributed by atoms with van der Waals surface area (Å²) in [4.78, 5) is 14.5. The number of thiophene rings is 1. The van der Waals surface area contributed by atoms with Crippen LogP contribution in [0.3, 0.4) is 0 Å². The van der Waals surface area contributed by atoms with Gasteiger partial charge >= 0.3 is 0 Å². The van der Waals surface area contributed by atoms with Gasteiger partial charge in [0.1, 0.15) is 5.70 Å². The molecule has 1 heterocycles. The van der Waals surface area contributed by atoms with E-state index in [0.29, 0.717) is 10.7 Å². The number of benzene rings is 2. The monoisotopic (exact) mass is 488 g/mol. The van der Waals surface area contributed by atoms with Crippen molar-refractivity contribution in [1.29, 1.82) is 0 Å². The Morgan fingerprint density at radius 1 is 0.853 bits per heavy atom. The van der Waals surface area contributed by atoms with Gasteiger partial charge < -0.3 is 0 Å². The molecule has 0 fully saturated rings. The maximum absolute atomic E-state index is 13.5. The Bertz CT molecular complexity index is 1320. The van der Waals surface area contributed by atoms with Crippen molar-refractivity contribution in [1.82, 2.24) is 0 Å². The highest BCUT2D eigenvalue weighted by Crippen LogP contribution is 2.42. The fraction of sp³-hybridized carbons (Fsp3) is 0.276. The number of ketones is 1. The summed E-state index contributed by atoms with van der Waals surface area (Å²) < 4.78 is 1.18. The van der Waals surface area contributed by atoms with E-state index in [1.807, 2.05) is 42.5 Å². The summed E-state index contributed by atoms with van der Waals surface area (Å²) in [5.74, 6) is 0.103. The lowest BCUT2D eigenvalue weighted by Gasteiger charge is -2.31. The SMILES string of the molecule is CC(C)(C)C1=CC(=C(N=Nc2cccc(Cl)c2)c2cc3ccccc3s2)C=C(C(C)(C)C)C1=O. The molecule has 0 spiro atoms. The molecule has 0 saturated carbocycles. The summed E-state index contributed by atoms with van der Waals surface area (Å²) >= 11 is 7.84. The van der Waals surface area contributed by atoms with E-state index in [4.69, 9.17) is 16.7 Å². The number of azo groups is 1. The molecule has 4 rings (SSSR count). The highest BCUT2D eigenvalue weighted by molar-refractivity contribution is 7.20. The second-order valence-corrected chi connectivity index (χ2v) is 12.1. The average Bonchev–Trinajstić information content (AvgIpc) is 3.17. The lowest BCUT2D eigenvalue weighted by atomic mass is 9.71. The number of carbonyl (C=O) groups excluding carboxylic acids is 1. The molecule has 5 heteroatoms. The van der Waals surface area contributed by atoms with Gasteiger partial charge in [0.25, 0.3) is 0 Å². The van der Waals surface area contributed by atoms with Crippen LogP contribution in [0.1, 0.15) is 46.4 Å². The number of halogens is 1. The number of nitrogens with zero attached hydrogens (tertiary/aromatic N) is 2. The Balaban J connectivity index is 1.99. The molecule has 0 bridgehead atoms. The van der Waals surface area contributed by atoms with E-state index in [2.05, 4.69) is 64.9 Å². The van der Waals surface area contributed by atoms with Crippen molar-refractivity contribution in [2.75, 3.05) is 0 Å². The first-order chi connectivity index (χ1) is 15.9. The number of rotatable bonds is 3. The number of Topliss-reactive ketones (excluding diaryl/α,β-unsaturated/α-hetero) is 1. The van der Waals surface area contributed by atoms with E-state index in [0.717, 1.165) is 32.7 Å². The molecular weight excluding hydrogens is 460 g/mol. The van der Waals surface area contributed by atoms with Gasteiger partial charge in [0.05, 0.1) is 10.6 Å². The van der Waals surface area contributed by atoms with E-state index >= 15 is 0 Å². The fourth-order valence-electron chi connectivity index (χ4n) is 3.87. The molecule has 0 amide bonds. The number of fused-ring (bicyclic) bond motifs is 1. The third-order valence-corrected chi connectivity index (χ3v) is 7.07. The lowest BCUT2D eigenvalue weighted by molar-refractivity contribution is -0.114. The van der Waals surface area contributed by atoms with Crippen LogP contribution in [-0.4, -0.2) is 5.78 Å². The molecule has 1 aliphatic rings. The number of hydrogen-bond donors (Lipinski definition) is 0. The second-order valence-electron chi connectivity index (χ2n) is 10.6. The van der Waals surface area contributed by atoms with Crippen molar-refractivity contribution in [2.45, 2.75) is 41.5 Å². The van der Waals surface area contributed by atoms with Crippen LogP contribution in [-0.2, 0) is 4.79 Å². The summed E-state index contributed by atoms with van der Waals surface area (Å²) in [5.41, 5.74) is 3.28. The predicted octanol–water partition coefficient (Wildman–Crippen LogP) is 9.58. The zero-order valence-corrected chi connectivity index (χ0v) is 22.0. The summed E-state index contributed by atoms with van der Waals surface area (Å²) in [6.45, 7) is 12.5. The van der Waals surface area contributed by atoms with Crippen molar-refractivity contribution < 1.29 is 4.79 Å². The Kier molecular flexibility index (Phi) is 6.50. The van der Waals surface area contributed by atoms with Crippen LogP contribution in [0, 0.1) is 10.8 Å². The van der Waals surface area contributed by atoms with Gasteiger partial charge in [0.15, 0.2) is 5.78 Å². The smallest absolute Gasteiger partial charge is 0.186 e.